The molecular formula is C22H25N5O4S. The van der Waals surface area contributed by atoms with E-state index in [2.05, 4.69) is 15.6 Å². The second-order valence-electron chi connectivity index (χ2n) is 7.86. The number of carbonyl (C=O) groups excluding carboxylic acids is 2. The Kier molecular flexibility index (Phi) is 6.33. The Morgan fingerprint density at radius 1 is 1.09 bits per heavy atom. The number of anilines is 1. The molecule has 1 amide bonds. The molecule has 0 spiro atoms. The van der Waals surface area contributed by atoms with Crippen molar-refractivity contribution in [1.82, 2.24) is 19.3 Å². The zero-order chi connectivity index (χ0) is 22.7. The lowest BCUT2D eigenvalue weighted by molar-refractivity contribution is -0.116. The van der Waals surface area contributed by atoms with Gasteiger partial charge in [0.25, 0.3) is 0 Å². The number of carbonyl (C=O) groups is 2. The fourth-order valence-corrected chi connectivity index (χ4v) is 5.32. The molecule has 1 aromatic heterocycles. The van der Waals surface area contributed by atoms with Crippen LogP contribution in [0.25, 0.3) is 11.0 Å². The molecular weight excluding hydrogens is 430 g/mol. The number of aromatic nitrogens is 3. The third-order valence-electron chi connectivity index (χ3n) is 5.51. The number of benzene rings is 2. The SMILES string of the molecule is CC(=O)c1cccc(NC(=O)CCCn2nnc3cc(S(=O)(=O)N4CCCC4)ccc32)c1. The molecule has 2 heterocycles. The number of Topliss-reactive ketones (excluding diaryl/α,β-unsaturated/α-hetero) is 1. The van der Waals surface area contributed by atoms with Gasteiger partial charge in [-0.1, -0.05) is 17.3 Å². The summed E-state index contributed by atoms with van der Waals surface area (Å²) < 4.78 is 28.7. The topological polar surface area (TPSA) is 114 Å². The molecule has 32 heavy (non-hydrogen) atoms. The van der Waals surface area contributed by atoms with Gasteiger partial charge in [0.05, 0.1) is 10.4 Å². The maximum Gasteiger partial charge on any atom is 0.243 e. The number of hydrogen-bond donors (Lipinski definition) is 1. The fourth-order valence-electron chi connectivity index (χ4n) is 3.78. The van der Waals surface area contributed by atoms with Gasteiger partial charge in [0.2, 0.25) is 15.9 Å². The molecule has 9 nitrogen and oxygen atoms in total. The van der Waals surface area contributed by atoms with Gasteiger partial charge in [-0.2, -0.15) is 4.31 Å². The van der Waals surface area contributed by atoms with Gasteiger partial charge >= 0.3 is 0 Å². The Morgan fingerprint density at radius 2 is 1.88 bits per heavy atom. The van der Waals surface area contributed by atoms with Crippen LogP contribution in [0.2, 0.25) is 0 Å². The first kappa shape index (κ1) is 22.1. The van der Waals surface area contributed by atoms with Gasteiger partial charge in [0.15, 0.2) is 5.78 Å². The molecule has 0 aliphatic carbocycles. The molecule has 1 saturated heterocycles. The van der Waals surface area contributed by atoms with E-state index in [0.29, 0.717) is 42.8 Å². The monoisotopic (exact) mass is 455 g/mol. The summed E-state index contributed by atoms with van der Waals surface area (Å²) in [5.41, 5.74) is 2.36. The van der Waals surface area contributed by atoms with Crippen LogP contribution in [0.5, 0.6) is 0 Å². The highest BCUT2D eigenvalue weighted by molar-refractivity contribution is 7.89. The largest absolute Gasteiger partial charge is 0.326 e. The van der Waals surface area contributed by atoms with E-state index < -0.39 is 10.0 Å². The molecule has 1 aliphatic heterocycles. The normalized spacial score (nSPS) is 14.7. The zero-order valence-corrected chi connectivity index (χ0v) is 18.6. The highest BCUT2D eigenvalue weighted by atomic mass is 32.2. The van der Waals surface area contributed by atoms with Crippen LogP contribution < -0.4 is 5.32 Å². The van der Waals surface area contributed by atoms with Gasteiger partial charge < -0.3 is 5.32 Å². The number of hydrogen-bond acceptors (Lipinski definition) is 6. The van der Waals surface area contributed by atoms with Crippen LogP contribution in [0.4, 0.5) is 5.69 Å². The number of rotatable bonds is 8. The lowest BCUT2D eigenvalue weighted by Gasteiger charge is -2.15. The van der Waals surface area contributed by atoms with Crippen molar-refractivity contribution in [1.29, 1.82) is 0 Å². The number of sulfonamides is 1. The van der Waals surface area contributed by atoms with E-state index >= 15 is 0 Å². The van der Waals surface area contributed by atoms with Gasteiger partial charge in [0.1, 0.15) is 5.52 Å². The smallest absolute Gasteiger partial charge is 0.243 e. The van der Waals surface area contributed by atoms with Gasteiger partial charge in [-0.3, -0.25) is 9.59 Å². The molecule has 1 fully saturated rings. The van der Waals surface area contributed by atoms with Crippen LogP contribution in [-0.2, 0) is 21.4 Å². The van der Waals surface area contributed by atoms with Crippen LogP contribution in [-0.4, -0.2) is 52.5 Å². The first-order valence-electron chi connectivity index (χ1n) is 10.6. The summed E-state index contributed by atoms with van der Waals surface area (Å²) in [7, 11) is -3.51. The lowest BCUT2D eigenvalue weighted by Crippen LogP contribution is -2.27. The average Bonchev–Trinajstić information content (AvgIpc) is 3.44. The van der Waals surface area contributed by atoms with Crippen molar-refractivity contribution in [2.75, 3.05) is 18.4 Å². The Hall–Kier alpha value is -3.11. The Morgan fingerprint density at radius 3 is 2.62 bits per heavy atom. The van der Waals surface area contributed by atoms with Crippen molar-refractivity contribution in [3.8, 4) is 0 Å². The third kappa shape index (κ3) is 4.71. The van der Waals surface area contributed by atoms with Crippen molar-refractivity contribution in [3.05, 3.63) is 48.0 Å². The first-order valence-corrected chi connectivity index (χ1v) is 12.0. The molecule has 10 heteroatoms. The number of nitrogens with one attached hydrogen (secondary N) is 1. The summed E-state index contributed by atoms with van der Waals surface area (Å²) in [6, 6.07) is 11.7. The second kappa shape index (κ2) is 9.17. The number of fused-ring (bicyclic) bond motifs is 1. The third-order valence-corrected chi connectivity index (χ3v) is 7.41. The summed E-state index contributed by atoms with van der Waals surface area (Å²) in [5, 5.41) is 11.0. The molecule has 2 aromatic carbocycles. The predicted molar refractivity (Wildman–Crippen MR) is 120 cm³/mol. The van der Waals surface area contributed by atoms with Crippen molar-refractivity contribution in [2.45, 2.75) is 44.0 Å². The van der Waals surface area contributed by atoms with E-state index in [1.54, 1.807) is 47.1 Å². The molecule has 168 valence electrons. The Balaban J connectivity index is 1.37. The quantitative estimate of drug-likeness (QED) is 0.523. The number of nitrogens with zero attached hydrogens (tertiary/aromatic N) is 4. The van der Waals surface area contributed by atoms with Gasteiger partial charge in [-0.25, -0.2) is 13.1 Å². The number of amides is 1. The summed E-state index contributed by atoms with van der Waals surface area (Å²) in [4.78, 5) is 24.0. The van der Waals surface area contributed by atoms with E-state index in [1.807, 2.05) is 0 Å². The molecule has 0 atom stereocenters. The van der Waals surface area contributed by atoms with E-state index in [4.69, 9.17) is 0 Å². The maximum absolute atomic E-state index is 12.7. The van der Waals surface area contributed by atoms with Crippen LogP contribution in [0.1, 0.15) is 43.0 Å². The number of ketones is 1. The van der Waals surface area contributed by atoms with Crippen LogP contribution in [0.3, 0.4) is 0 Å². The van der Waals surface area contributed by atoms with E-state index in [0.717, 1.165) is 18.4 Å². The van der Waals surface area contributed by atoms with Crippen molar-refractivity contribution >= 4 is 38.4 Å². The lowest BCUT2D eigenvalue weighted by atomic mass is 10.1. The molecule has 0 radical (unpaired) electrons. The minimum atomic E-state index is -3.51. The van der Waals surface area contributed by atoms with E-state index in [9.17, 15) is 18.0 Å². The summed E-state index contributed by atoms with van der Waals surface area (Å²) in [6.07, 6.45) is 2.57. The molecule has 0 unspecified atom stereocenters. The van der Waals surface area contributed by atoms with Gasteiger partial charge in [0, 0.05) is 37.3 Å². The van der Waals surface area contributed by atoms with Crippen LogP contribution >= 0.6 is 0 Å². The Bertz CT molecular complexity index is 1260. The maximum atomic E-state index is 12.7. The fraction of sp³-hybridized carbons (Fsp3) is 0.364. The van der Waals surface area contributed by atoms with Crippen LogP contribution in [0.15, 0.2) is 47.4 Å². The summed E-state index contributed by atoms with van der Waals surface area (Å²) in [5.74, 6) is -0.218. The predicted octanol–water partition coefficient (Wildman–Crippen LogP) is 2.84. The average molecular weight is 456 g/mol. The Labute approximate surface area is 186 Å². The molecule has 1 aliphatic rings. The first-order chi connectivity index (χ1) is 15.3. The van der Waals surface area contributed by atoms with Gasteiger partial charge in [-0.05, 0) is 56.5 Å². The molecule has 1 N–H and O–H groups in total. The molecule has 0 saturated carbocycles. The van der Waals surface area contributed by atoms with Gasteiger partial charge in [-0.15, -0.1) is 5.10 Å². The van der Waals surface area contributed by atoms with Crippen LogP contribution in [0, 0.1) is 0 Å². The zero-order valence-electron chi connectivity index (χ0n) is 17.8. The minimum absolute atomic E-state index is 0.0597. The van der Waals surface area contributed by atoms with Crippen molar-refractivity contribution in [2.24, 2.45) is 0 Å². The molecule has 3 aromatic rings. The van der Waals surface area contributed by atoms with E-state index in [1.165, 1.54) is 11.2 Å². The summed E-state index contributed by atoms with van der Waals surface area (Å²) in [6.45, 7) is 3.05. The molecule has 0 bridgehead atoms. The standard InChI is InChI=1S/C22H25N5O4S/c1-16(28)17-6-4-7-18(14-17)23-22(29)8-5-13-27-21-10-9-19(15-20(21)24-25-27)32(30,31)26-11-2-3-12-26/h4,6-7,9-10,14-15H,2-3,5,8,11-13H2,1H3,(H,23,29). The minimum Gasteiger partial charge on any atom is -0.326 e. The van der Waals surface area contributed by atoms with E-state index in [-0.39, 0.29) is 23.0 Å². The number of aryl methyl sites for hydroxylation is 1. The highest BCUT2D eigenvalue weighted by Gasteiger charge is 2.27. The van der Waals surface area contributed by atoms with Crippen molar-refractivity contribution in [3.63, 3.8) is 0 Å². The second-order valence-corrected chi connectivity index (χ2v) is 9.80. The molecule has 4 rings (SSSR count). The van der Waals surface area contributed by atoms with Crippen molar-refractivity contribution < 1.29 is 18.0 Å². The summed E-state index contributed by atoms with van der Waals surface area (Å²) >= 11 is 0. The highest BCUT2D eigenvalue weighted by Crippen LogP contribution is 2.24.